The van der Waals surface area contributed by atoms with Gasteiger partial charge in [-0.05, 0) is 68.4 Å². The van der Waals surface area contributed by atoms with Crippen LogP contribution in [0.4, 0.5) is 0 Å². The van der Waals surface area contributed by atoms with E-state index in [2.05, 4.69) is 44.3 Å². The summed E-state index contributed by atoms with van der Waals surface area (Å²) in [5.41, 5.74) is 4.52. The summed E-state index contributed by atoms with van der Waals surface area (Å²) in [5.74, 6) is 1.18. The van der Waals surface area contributed by atoms with Gasteiger partial charge in [-0.2, -0.15) is 0 Å². The smallest absolute Gasteiger partial charge is 0.261 e. The van der Waals surface area contributed by atoms with Crippen LogP contribution in [0.15, 0.2) is 42.5 Å². The molecule has 0 unspecified atom stereocenters. The van der Waals surface area contributed by atoms with Gasteiger partial charge in [0.2, 0.25) is 0 Å². The van der Waals surface area contributed by atoms with Crippen molar-refractivity contribution in [2.75, 3.05) is 0 Å². The van der Waals surface area contributed by atoms with Gasteiger partial charge in [-0.15, -0.1) is 0 Å². The van der Waals surface area contributed by atoms with Crippen LogP contribution >= 0.6 is 0 Å². The lowest BCUT2D eigenvalue weighted by molar-refractivity contribution is -0.128. The van der Waals surface area contributed by atoms with Gasteiger partial charge in [-0.3, -0.25) is 4.79 Å². The molecular weight excluding hydrogens is 322 g/mol. The average Bonchev–Trinajstić information content (AvgIpc) is 2.58. The van der Waals surface area contributed by atoms with Crippen molar-refractivity contribution >= 4 is 5.91 Å². The predicted molar refractivity (Wildman–Crippen MR) is 108 cm³/mol. The third-order valence-electron chi connectivity index (χ3n) is 4.66. The number of carbonyl (C=O) groups excluding carboxylic acids is 1. The Hall–Kier alpha value is -2.29. The van der Waals surface area contributed by atoms with Crippen LogP contribution < -0.4 is 10.1 Å². The van der Waals surface area contributed by atoms with Crippen molar-refractivity contribution in [3.8, 4) is 5.75 Å². The van der Waals surface area contributed by atoms with Crippen molar-refractivity contribution in [1.82, 2.24) is 5.32 Å². The molecule has 0 aromatic heterocycles. The Labute approximate surface area is 157 Å². The molecule has 2 rings (SSSR count). The Kier molecular flexibility index (Phi) is 6.84. The molecule has 0 saturated carbocycles. The molecule has 2 aromatic rings. The molecule has 0 heterocycles. The van der Waals surface area contributed by atoms with Crippen LogP contribution in [0.25, 0.3) is 0 Å². The second kappa shape index (κ2) is 8.88. The molecule has 26 heavy (non-hydrogen) atoms. The molecule has 0 radical (unpaired) electrons. The van der Waals surface area contributed by atoms with Gasteiger partial charge in [-0.1, -0.05) is 50.2 Å². The first-order valence-electron chi connectivity index (χ1n) is 9.37. The van der Waals surface area contributed by atoms with Crippen molar-refractivity contribution < 1.29 is 9.53 Å². The van der Waals surface area contributed by atoms with Crippen LogP contribution in [-0.4, -0.2) is 12.0 Å². The SMILES string of the molecule is Cc1cc(C)c(C)c(O[C@@H](C)C(=O)N[C@H](CC(C)C)c2ccccc2)c1. The molecule has 2 aromatic carbocycles. The molecule has 3 heteroatoms. The summed E-state index contributed by atoms with van der Waals surface area (Å²) < 4.78 is 6.00. The number of carbonyl (C=O) groups is 1. The van der Waals surface area contributed by atoms with Gasteiger partial charge in [0, 0.05) is 0 Å². The normalized spacial score (nSPS) is 13.3. The van der Waals surface area contributed by atoms with Gasteiger partial charge < -0.3 is 10.1 Å². The van der Waals surface area contributed by atoms with E-state index in [0.717, 1.165) is 28.9 Å². The maximum Gasteiger partial charge on any atom is 0.261 e. The van der Waals surface area contributed by atoms with Crippen LogP contribution in [0.5, 0.6) is 5.75 Å². The topological polar surface area (TPSA) is 38.3 Å². The second-order valence-corrected chi connectivity index (χ2v) is 7.57. The lowest BCUT2D eigenvalue weighted by Gasteiger charge is -2.24. The second-order valence-electron chi connectivity index (χ2n) is 7.57. The molecule has 0 saturated heterocycles. The molecule has 1 amide bonds. The lowest BCUT2D eigenvalue weighted by atomic mass is 9.97. The maximum atomic E-state index is 12.8. The Morgan fingerprint density at radius 2 is 1.69 bits per heavy atom. The van der Waals surface area contributed by atoms with E-state index in [4.69, 9.17) is 4.74 Å². The van der Waals surface area contributed by atoms with E-state index in [9.17, 15) is 4.79 Å². The predicted octanol–water partition coefficient (Wildman–Crippen LogP) is 5.28. The summed E-state index contributed by atoms with van der Waals surface area (Å²) in [4.78, 5) is 12.8. The summed E-state index contributed by atoms with van der Waals surface area (Å²) in [6, 6.07) is 14.2. The van der Waals surface area contributed by atoms with E-state index in [0.29, 0.717) is 5.92 Å². The number of hydrogen-bond acceptors (Lipinski definition) is 2. The third-order valence-corrected chi connectivity index (χ3v) is 4.66. The minimum absolute atomic E-state index is 0.00454. The highest BCUT2D eigenvalue weighted by Crippen LogP contribution is 2.25. The van der Waals surface area contributed by atoms with Gasteiger partial charge in [0.15, 0.2) is 6.10 Å². The molecule has 140 valence electrons. The van der Waals surface area contributed by atoms with E-state index in [-0.39, 0.29) is 11.9 Å². The molecule has 0 aliphatic carbocycles. The van der Waals surface area contributed by atoms with E-state index in [1.165, 1.54) is 5.56 Å². The maximum absolute atomic E-state index is 12.8. The van der Waals surface area contributed by atoms with Gasteiger partial charge in [-0.25, -0.2) is 0 Å². The van der Waals surface area contributed by atoms with Crippen molar-refractivity contribution in [1.29, 1.82) is 0 Å². The first-order chi connectivity index (χ1) is 12.3. The zero-order valence-electron chi connectivity index (χ0n) is 16.8. The van der Waals surface area contributed by atoms with E-state index < -0.39 is 6.10 Å². The molecule has 1 N–H and O–H groups in total. The molecule has 3 nitrogen and oxygen atoms in total. The van der Waals surface area contributed by atoms with E-state index in [1.807, 2.05) is 45.0 Å². The number of aryl methyl sites for hydroxylation is 2. The van der Waals surface area contributed by atoms with Gasteiger partial charge >= 0.3 is 0 Å². The number of benzene rings is 2. The van der Waals surface area contributed by atoms with Gasteiger partial charge in [0.1, 0.15) is 5.75 Å². The number of rotatable bonds is 7. The highest BCUT2D eigenvalue weighted by Gasteiger charge is 2.21. The first kappa shape index (κ1) is 20.0. The molecule has 2 atom stereocenters. The van der Waals surface area contributed by atoms with E-state index in [1.54, 1.807) is 0 Å². The van der Waals surface area contributed by atoms with Gasteiger partial charge in [0.05, 0.1) is 6.04 Å². The fraction of sp³-hybridized carbons (Fsp3) is 0.435. The molecule has 0 aliphatic heterocycles. The van der Waals surface area contributed by atoms with Crippen LogP contribution in [0.1, 0.15) is 55.5 Å². The lowest BCUT2D eigenvalue weighted by Crippen LogP contribution is -2.39. The standard InChI is InChI=1S/C23H31NO2/c1-15(2)12-21(20-10-8-7-9-11-20)24-23(25)19(6)26-22-14-16(3)13-17(4)18(22)5/h7-11,13-15,19,21H,12H2,1-6H3,(H,24,25)/t19-,21+/m0/s1. The highest BCUT2D eigenvalue weighted by atomic mass is 16.5. The van der Waals surface area contributed by atoms with Crippen LogP contribution in [0.3, 0.4) is 0 Å². The number of amides is 1. The molecule has 0 aliphatic rings. The third kappa shape index (κ3) is 5.35. The minimum atomic E-state index is -0.548. The minimum Gasteiger partial charge on any atom is -0.481 e. The quantitative estimate of drug-likeness (QED) is 0.735. The van der Waals surface area contributed by atoms with Crippen molar-refractivity contribution in [2.24, 2.45) is 5.92 Å². The Morgan fingerprint density at radius 1 is 1.04 bits per heavy atom. The van der Waals surface area contributed by atoms with Crippen molar-refractivity contribution in [3.05, 3.63) is 64.7 Å². The van der Waals surface area contributed by atoms with Gasteiger partial charge in [0.25, 0.3) is 5.91 Å². The Morgan fingerprint density at radius 3 is 2.31 bits per heavy atom. The highest BCUT2D eigenvalue weighted by molar-refractivity contribution is 5.81. The zero-order chi connectivity index (χ0) is 19.3. The number of ether oxygens (including phenoxy) is 1. The summed E-state index contributed by atoms with van der Waals surface area (Å²) in [6.45, 7) is 12.3. The molecule has 0 bridgehead atoms. The summed E-state index contributed by atoms with van der Waals surface area (Å²) in [5, 5.41) is 3.17. The monoisotopic (exact) mass is 353 g/mol. The Bertz CT molecular complexity index is 737. The fourth-order valence-electron chi connectivity index (χ4n) is 3.09. The van der Waals surface area contributed by atoms with E-state index >= 15 is 0 Å². The molecular formula is C23H31NO2. The van der Waals surface area contributed by atoms with Crippen LogP contribution in [-0.2, 0) is 4.79 Å². The summed E-state index contributed by atoms with van der Waals surface area (Å²) in [6.07, 6.45) is 0.346. The fourth-order valence-corrected chi connectivity index (χ4v) is 3.09. The molecule has 0 fully saturated rings. The molecule has 0 spiro atoms. The Balaban J connectivity index is 2.11. The number of hydrogen-bond donors (Lipinski definition) is 1. The largest absolute Gasteiger partial charge is 0.481 e. The first-order valence-corrected chi connectivity index (χ1v) is 9.37. The van der Waals surface area contributed by atoms with Crippen LogP contribution in [0, 0.1) is 26.7 Å². The summed E-state index contributed by atoms with van der Waals surface area (Å²) in [7, 11) is 0. The zero-order valence-corrected chi connectivity index (χ0v) is 16.8. The number of nitrogens with one attached hydrogen (secondary N) is 1. The summed E-state index contributed by atoms with van der Waals surface area (Å²) >= 11 is 0. The van der Waals surface area contributed by atoms with Crippen molar-refractivity contribution in [3.63, 3.8) is 0 Å². The average molecular weight is 354 g/mol. The van der Waals surface area contributed by atoms with Crippen LogP contribution in [0.2, 0.25) is 0 Å². The van der Waals surface area contributed by atoms with Crippen molar-refractivity contribution in [2.45, 2.75) is 60.1 Å².